The Morgan fingerprint density at radius 2 is 1.95 bits per heavy atom. The molecule has 0 aliphatic carbocycles. The van der Waals surface area contributed by atoms with Crippen molar-refractivity contribution in [2.24, 2.45) is 5.92 Å². The van der Waals surface area contributed by atoms with Gasteiger partial charge in [0.25, 0.3) is 0 Å². The molecule has 0 bridgehead atoms. The highest BCUT2D eigenvalue weighted by Crippen LogP contribution is 2.26. The standard InChI is InChI=1S/C14H18Cl2N2O3/c1-8(13(19)20)7-18(3)14(21)17-9(2)11-6-10(15)4-5-12(11)16/h4-6,8-9H,7H2,1-3H3,(H,17,21)(H,19,20)/t8?,9-/m1/s1. The number of nitrogens with one attached hydrogen (secondary N) is 1. The van der Waals surface area contributed by atoms with Gasteiger partial charge in [-0.05, 0) is 30.7 Å². The van der Waals surface area contributed by atoms with E-state index < -0.39 is 11.9 Å². The van der Waals surface area contributed by atoms with Gasteiger partial charge < -0.3 is 15.3 Å². The molecule has 0 aromatic heterocycles. The summed E-state index contributed by atoms with van der Waals surface area (Å²) in [6, 6.07) is 4.31. The van der Waals surface area contributed by atoms with Crippen molar-refractivity contribution in [1.82, 2.24) is 10.2 Å². The van der Waals surface area contributed by atoms with Crippen LogP contribution in [0.4, 0.5) is 4.79 Å². The molecule has 1 rings (SSSR count). The van der Waals surface area contributed by atoms with E-state index in [4.69, 9.17) is 28.3 Å². The normalized spacial score (nSPS) is 13.4. The number of carbonyl (C=O) groups is 2. The number of urea groups is 1. The van der Waals surface area contributed by atoms with Crippen LogP contribution in [0.25, 0.3) is 0 Å². The second-order valence-corrected chi connectivity index (χ2v) is 5.80. The first-order chi connectivity index (χ1) is 9.72. The van der Waals surface area contributed by atoms with E-state index in [1.54, 1.807) is 39.1 Å². The van der Waals surface area contributed by atoms with Crippen LogP contribution in [0.2, 0.25) is 10.0 Å². The van der Waals surface area contributed by atoms with Gasteiger partial charge in [0.2, 0.25) is 0 Å². The summed E-state index contributed by atoms with van der Waals surface area (Å²) in [5, 5.41) is 12.6. The first kappa shape index (κ1) is 17.6. The summed E-state index contributed by atoms with van der Waals surface area (Å²) < 4.78 is 0. The topological polar surface area (TPSA) is 69.6 Å². The molecule has 1 aromatic carbocycles. The number of amides is 2. The number of hydrogen-bond acceptors (Lipinski definition) is 2. The molecule has 0 radical (unpaired) electrons. The van der Waals surface area contributed by atoms with Crippen LogP contribution in [0, 0.1) is 5.92 Å². The predicted molar refractivity (Wildman–Crippen MR) is 82.8 cm³/mol. The lowest BCUT2D eigenvalue weighted by Gasteiger charge is -2.23. The number of carboxylic acid groups (broad SMARTS) is 1. The van der Waals surface area contributed by atoms with E-state index in [0.717, 1.165) is 0 Å². The maximum Gasteiger partial charge on any atom is 0.317 e. The molecule has 7 heteroatoms. The van der Waals surface area contributed by atoms with Crippen LogP contribution in [0.5, 0.6) is 0 Å². The number of rotatable bonds is 5. The first-order valence-corrected chi connectivity index (χ1v) is 7.17. The van der Waals surface area contributed by atoms with Gasteiger partial charge in [-0.1, -0.05) is 30.1 Å². The molecule has 116 valence electrons. The Morgan fingerprint density at radius 3 is 2.52 bits per heavy atom. The molecule has 2 N–H and O–H groups in total. The summed E-state index contributed by atoms with van der Waals surface area (Å²) >= 11 is 12.0. The van der Waals surface area contributed by atoms with E-state index in [1.165, 1.54) is 4.90 Å². The molecule has 2 atom stereocenters. The van der Waals surface area contributed by atoms with Crippen molar-refractivity contribution >= 4 is 35.2 Å². The van der Waals surface area contributed by atoms with E-state index in [2.05, 4.69) is 5.32 Å². The number of carbonyl (C=O) groups excluding carboxylic acids is 1. The summed E-state index contributed by atoms with van der Waals surface area (Å²) in [6.07, 6.45) is 0. The fourth-order valence-electron chi connectivity index (χ4n) is 1.79. The molecule has 0 saturated carbocycles. The molecular formula is C14H18Cl2N2O3. The number of benzene rings is 1. The van der Waals surface area contributed by atoms with Gasteiger partial charge in [-0.2, -0.15) is 0 Å². The lowest BCUT2D eigenvalue weighted by Crippen LogP contribution is -2.41. The Balaban J connectivity index is 2.69. The Hall–Kier alpha value is -1.46. The SMILES string of the molecule is CC(CN(C)C(=O)N[C@H](C)c1cc(Cl)ccc1Cl)C(=O)O. The second kappa shape index (κ2) is 7.52. The Morgan fingerprint density at radius 1 is 1.33 bits per heavy atom. The van der Waals surface area contributed by atoms with Crippen molar-refractivity contribution in [2.45, 2.75) is 19.9 Å². The molecule has 21 heavy (non-hydrogen) atoms. The molecule has 1 unspecified atom stereocenters. The highest BCUT2D eigenvalue weighted by molar-refractivity contribution is 6.33. The van der Waals surface area contributed by atoms with Gasteiger partial charge in [-0.25, -0.2) is 4.79 Å². The van der Waals surface area contributed by atoms with Crippen molar-refractivity contribution in [3.63, 3.8) is 0 Å². The van der Waals surface area contributed by atoms with Gasteiger partial charge in [-0.15, -0.1) is 0 Å². The monoisotopic (exact) mass is 332 g/mol. The number of nitrogens with zero attached hydrogens (tertiary/aromatic N) is 1. The molecule has 0 saturated heterocycles. The van der Waals surface area contributed by atoms with E-state index >= 15 is 0 Å². The number of halogens is 2. The fourth-order valence-corrected chi connectivity index (χ4v) is 2.25. The third-order valence-electron chi connectivity index (χ3n) is 3.08. The molecule has 5 nitrogen and oxygen atoms in total. The van der Waals surface area contributed by atoms with Gasteiger partial charge in [0, 0.05) is 23.6 Å². The summed E-state index contributed by atoms with van der Waals surface area (Å²) in [7, 11) is 1.54. The number of carboxylic acids is 1. The van der Waals surface area contributed by atoms with Crippen molar-refractivity contribution in [1.29, 1.82) is 0 Å². The summed E-state index contributed by atoms with van der Waals surface area (Å²) in [6.45, 7) is 3.45. The quantitative estimate of drug-likeness (QED) is 0.867. The van der Waals surface area contributed by atoms with E-state index in [-0.39, 0.29) is 18.6 Å². The maximum atomic E-state index is 12.0. The highest BCUT2D eigenvalue weighted by atomic mass is 35.5. The lowest BCUT2D eigenvalue weighted by atomic mass is 10.1. The lowest BCUT2D eigenvalue weighted by molar-refractivity contribution is -0.141. The first-order valence-electron chi connectivity index (χ1n) is 6.41. The Bertz CT molecular complexity index is 537. The van der Waals surface area contributed by atoms with Gasteiger partial charge >= 0.3 is 12.0 Å². The highest BCUT2D eigenvalue weighted by Gasteiger charge is 2.19. The Labute approximate surface area is 133 Å². The van der Waals surface area contributed by atoms with Crippen LogP contribution in [0.15, 0.2) is 18.2 Å². The largest absolute Gasteiger partial charge is 0.481 e. The van der Waals surface area contributed by atoms with Gasteiger partial charge in [0.1, 0.15) is 0 Å². The zero-order chi connectivity index (χ0) is 16.2. The molecule has 0 aliphatic heterocycles. The summed E-state index contributed by atoms with van der Waals surface area (Å²) in [5.41, 5.74) is 0.706. The smallest absolute Gasteiger partial charge is 0.317 e. The van der Waals surface area contributed by atoms with Crippen molar-refractivity contribution in [3.8, 4) is 0 Å². The summed E-state index contributed by atoms with van der Waals surface area (Å²) in [4.78, 5) is 24.1. The predicted octanol–water partition coefficient (Wildman–Crippen LogP) is 3.42. The third kappa shape index (κ3) is 5.10. The molecule has 1 aromatic rings. The van der Waals surface area contributed by atoms with Crippen LogP contribution in [0.3, 0.4) is 0 Å². The minimum Gasteiger partial charge on any atom is -0.481 e. The minimum atomic E-state index is -0.944. The van der Waals surface area contributed by atoms with Crippen LogP contribution in [0.1, 0.15) is 25.5 Å². The third-order valence-corrected chi connectivity index (χ3v) is 3.66. The van der Waals surface area contributed by atoms with E-state index in [1.807, 2.05) is 0 Å². The fraction of sp³-hybridized carbons (Fsp3) is 0.429. The van der Waals surface area contributed by atoms with E-state index in [9.17, 15) is 9.59 Å². The minimum absolute atomic E-state index is 0.122. The summed E-state index contributed by atoms with van der Waals surface area (Å²) in [5.74, 6) is -1.58. The van der Waals surface area contributed by atoms with E-state index in [0.29, 0.717) is 15.6 Å². The maximum absolute atomic E-state index is 12.0. The zero-order valence-electron chi connectivity index (χ0n) is 12.1. The molecule has 2 amide bonds. The van der Waals surface area contributed by atoms with Gasteiger partial charge in [0.15, 0.2) is 0 Å². The molecule has 0 heterocycles. The second-order valence-electron chi connectivity index (χ2n) is 4.96. The van der Waals surface area contributed by atoms with Crippen molar-refractivity contribution < 1.29 is 14.7 Å². The Kier molecular flexibility index (Phi) is 6.30. The van der Waals surface area contributed by atoms with Crippen LogP contribution < -0.4 is 5.32 Å². The average molecular weight is 333 g/mol. The molecule has 0 aliphatic rings. The number of aliphatic carboxylic acids is 1. The van der Waals surface area contributed by atoms with Gasteiger partial charge in [-0.3, -0.25) is 4.79 Å². The average Bonchev–Trinajstić information content (AvgIpc) is 2.40. The molecule has 0 fully saturated rings. The molecular weight excluding hydrogens is 315 g/mol. The molecule has 0 spiro atoms. The van der Waals surface area contributed by atoms with Gasteiger partial charge in [0.05, 0.1) is 12.0 Å². The van der Waals surface area contributed by atoms with Crippen LogP contribution >= 0.6 is 23.2 Å². The van der Waals surface area contributed by atoms with Crippen LogP contribution in [-0.4, -0.2) is 35.6 Å². The zero-order valence-corrected chi connectivity index (χ0v) is 13.6. The van der Waals surface area contributed by atoms with Crippen molar-refractivity contribution in [3.05, 3.63) is 33.8 Å². The van der Waals surface area contributed by atoms with Crippen LogP contribution in [-0.2, 0) is 4.79 Å². The number of hydrogen-bond donors (Lipinski definition) is 2. The van der Waals surface area contributed by atoms with Crippen molar-refractivity contribution in [2.75, 3.05) is 13.6 Å².